The van der Waals surface area contributed by atoms with Crippen LogP contribution in [0.1, 0.15) is 27.2 Å². The summed E-state index contributed by atoms with van der Waals surface area (Å²) in [6.45, 7) is 5.69. The molecule has 0 aromatic heterocycles. The van der Waals surface area contributed by atoms with Gasteiger partial charge in [-0.15, -0.1) is 0 Å². The van der Waals surface area contributed by atoms with Crippen molar-refractivity contribution in [3.05, 3.63) is 0 Å². The largest absolute Gasteiger partial charge is 0.481 e. The molecule has 0 atom stereocenters. The second-order valence-electron chi connectivity index (χ2n) is 6.21. The van der Waals surface area contributed by atoms with Crippen LogP contribution in [0, 0.1) is 0 Å². The summed E-state index contributed by atoms with van der Waals surface area (Å²) in [5.41, 5.74) is -1.38. The number of carboxylic acids is 1. The number of likely N-dealkylation sites (tertiary alicyclic amines) is 1. The van der Waals surface area contributed by atoms with Gasteiger partial charge in [0.2, 0.25) is 5.91 Å². The summed E-state index contributed by atoms with van der Waals surface area (Å²) in [5.74, 6) is -1.22. The Hall–Kier alpha value is -1.83. The van der Waals surface area contributed by atoms with Crippen molar-refractivity contribution >= 4 is 18.0 Å². The Labute approximate surface area is 123 Å². The maximum atomic E-state index is 11.9. The first-order chi connectivity index (χ1) is 9.57. The molecule has 0 bridgehead atoms. The van der Waals surface area contributed by atoms with Crippen molar-refractivity contribution in [2.24, 2.45) is 0 Å². The third kappa shape index (κ3) is 5.22. The minimum atomic E-state index is -0.983. The quantitative estimate of drug-likeness (QED) is 0.648. The molecule has 1 heterocycles. The molecule has 8 heteroatoms. The Kier molecular flexibility index (Phi) is 5.16. The van der Waals surface area contributed by atoms with Crippen LogP contribution in [-0.4, -0.2) is 65.8 Å². The molecule has 0 unspecified atom stereocenters. The van der Waals surface area contributed by atoms with E-state index in [9.17, 15) is 14.4 Å². The van der Waals surface area contributed by atoms with Crippen molar-refractivity contribution in [2.75, 3.05) is 26.7 Å². The highest BCUT2D eigenvalue weighted by Crippen LogP contribution is 2.26. The predicted octanol–water partition coefficient (Wildman–Crippen LogP) is -0.214. The van der Waals surface area contributed by atoms with E-state index in [4.69, 9.17) is 9.84 Å². The van der Waals surface area contributed by atoms with Gasteiger partial charge in [-0.1, -0.05) is 0 Å². The summed E-state index contributed by atoms with van der Waals surface area (Å²) in [4.78, 5) is 35.5. The lowest BCUT2D eigenvalue weighted by molar-refractivity contribution is -0.141. The number of aliphatic carboxylic acids is 1. The molecular formula is C13H23N3O5. The van der Waals surface area contributed by atoms with Gasteiger partial charge in [0.25, 0.3) is 0 Å². The Morgan fingerprint density at radius 3 is 2.29 bits per heavy atom. The SMILES string of the molecule is CNC(=O)CNC1(CC(=O)O)CN(C(=O)OC(C)(C)C)C1. The molecule has 0 radical (unpaired) electrons. The molecule has 1 aliphatic heterocycles. The van der Waals surface area contributed by atoms with Crippen molar-refractivity contribution in [3.63, 3.8) is 0 Å². The summed E-state index contributed by atoms with van der Waals surface area (Å²) < 4.78 is 5.22. The number of amides is 2. The van der Waals surface area contributed by atoms with Gasteiger partial charge in [0.15, 0.2) is 0 Å². The molecule has 0 aromatic rings. The fourth-order valence-electron chi connectivity index (χ4n) is 2.07. The molecule has 0 aromatic carbocycles. The minimum Gasteiger partial charge on any atom is -0.481 e. The summed E-state index contributed by atoms with van der Waals surface area (Å²) in [7, 11) is 1.50. The zero-order valence-corrected chi connectivity index (χ0v) is 12.9. The average molecular weight is 301 g/mol. The van der Waals surface area contributed by atoms with E-state index in [0.29, 0.717) is 0 Å². The van der Waals surface area contributed by atoms with Crippen LogP contribution >= 0.6 is 0 Å². The average Bonchev–Trinajstić information content (AvgIpc) is 2.28. The van der Waals surface area contributed by atoms with Gasteiger partial charge >= 0.3 is 12.1 Å². The zero-order chi connectivity index (χ0) is 16.3. The van der Waals surface area contributed by atoms with Crippen molar-refractivity contribution in [1.82, 2.24) is 15.5 Å². The number of likely N-dealkylation sites (N-methyl/N-ethyl adjacent to an activating group) is 1. The van der Waals surface area contributed by atoms with Crippen LogP contribution in [0.3, 0.4) is 0 Å². The van der Waals surface area contributed by atoms with Gasteiger partial charge in [-0.25, -0.2) is 4.79 Å². The molecule has 8 nitrogen and oxygen atoms in total. The van der Waals surface area contributed by atoms with Gasteiger partial charge in [-0.05, 0) is 20.8 Å². The third-order valence-electron chi connectivity index (χ3n) is 3.03. The summed E-state index contributed by atoms with van der Waals surface area (Å²) in [6, 6.07) is 0. The number of nitrogens with zero attached hydrogens (tertiary/aromatic N) is 1. The first-order valence-electron chi connectivity index (χ1n) is 6.72. The summed E-state index contributed by atoms with van der Waals surface area (Å²) >= 11 is 0. The molecule has 0 spiro atoms. The maximum absolute atomic E-state index is 11.9. The fourth-order valence-corrected chi connectivity index (χ4v) is 2.07. The highest BCUT2D eigenvalue weighted by molar-refractivity contribution is 5.78. The zero-order valence-electron chi connectivity index (χ0n) is 12.9. The topological polar surface area (TPSA) is 108 Å². The normalized spacial score (nSPS) is 16.9. The minimum absolute atomic E-state index is 0.00589. The van der Waals surface area contributed by atoms with Crippen molar-refractivity contribution < 1.29 is 24.2 Å². The van der Waals surface area contributed by atoms with E-state index in [-0.39, 0.29) is 32.0 Å². The summed E-state index contributed by atoms with van der Waals surface area (Å²) in [5, 5.41) is 14.3. The van der Waals surface area contributed by atoms with Crippen molar-refractivity contribution in [3.8, 4) is 0 Å². The molecule has 1 rings (SSSR count). The van der Waals surface area contributed by atoms with Crippen molar-refractivity contribution in [1.29, 1.82) is 0 Å². The van der Waals surface area contributed by atoms with Crippen LogP contribution in [0.4, 0.5) is 4.79 Å². The predicted molar refractivity (Wildman–Crippen MR) is 74.9 cm³/mol. The van der Waals surface area contributed by atoms with E-state index < -0.39 is 23.2 Å². The Bertz CT molecular complexity index is 424. The van der Waals surface area contributed by atoms with Gasteiger partial charge in [0.05, 0.1) is 18.5 Å². The lowest BCUT2D eigenvalue weighted by atomic mass is 9.86. The van der Waals surface area contributed by atoms with Gasteiger partial charge in [0, 0.05) is 20.1 Å². The Morgan fingerprint density at radius 1 is 1.29 bits per heavy atom. The molecule has 1 saturated heterocycles. The van der Waals surface area contributed by atoms with Gasteiger partial charge in [-0.3, -0.25) is 14.9 Å². The number of hydrogen-bond acceptors (Lipinski definition) is 5. The number of carbonyl (C=O) groups excluding carboxylic acids is 2. The summed E-state index contributed by atoms with van der Waals surface area (Å²) in [6.07, 6.45) is -0.645. The molecule has 1 fully saturated rings. The first kappa shape index (κ1) is 17.2. The number of nitrogens with one attached hydrogen (secondary N) is 2. The highest BCUT2D eigenvalue weighted by Gasteiger charge is 2.47. The van der Waals surface area contributed by atoms with Crippen molar-refractivity contribution in [2.45, 2.75) is 38.3 Å². The van der Waals surface area contributed by atoms with Crippen LogP contribution in [-0.2, 0) is 14.3 Å². The number of carboxylic acid groups (broad SMARTS) is 1. The molecule has 21 heavy (non-hydrogen) atoms. The van der Waals surface area contributed by atoms with Gasteiger partial charge in [-0.2, -0.15) is 0 Å². The maximum Gasteiger partial charge on any atom is 0.410 e. The monoisotopic (exact) mass is 301 g/mol. The smallest absolute Gasteiger partial charge is 0.410 e. The van der Waals surface area contributed by atoms with E-state index >= 15 is 0 Å². The Morgan fingerprint density at radius 2 is 1.86 bits per heavy atom. The van der Waals surface area contributed by atoms with E-state index in [1.807, 2.05) is 0 Å². The first-order valence-corrected chi connectivity index (χ1v) is 6.72. The molecule has 3 N–H and O–H groups in total. The number of hydrogen-bond donors (Lipinski definition) is 3. The Balaban J connectivity index is 2.59. The lowest BCUT2D eigenvalue weighted by Gasteiger charge is -2.49. The van der Waals surface area contributed by atoms with E-state index in [1.54, 1.807) is 20.8 Å². The van der Waals surface area contributed by atoms with Gasteiger partial charge < -0.3 is 20.1 Å². The lowest BCUT2D eigenvalue weighted by Crippen LogP contribution is -2.72. The van der Waals surface area contributed by atoms with Crippen LogP contribution < -0.4 is 10.6 Å². The molecule has 2 amide bonds. The third-order valence-corrected chi connectivity index (χ3v) is 3.03. The van der Waals surface area contributed by atoms with Crippen LogP contribution in [0.5, 0.6) is 0 Å². The molecular weight excluding hydrogens is 278 g/mol. The molecule has 120 valence electrons. The second kappa shape index (κ2) is 6.30. The van der Waals surface area contributed by atoms with Crippen LogP contribution in [0.25, 0.3) is 0 Å². The van der Waals surface area contributed by atoms with Crippen LogP contribution in [0.2, 0.25) is 0 Å². The number of carbonyl (C=O) groups is 3. The molecule has 0 saturated carbocycles. The van der Waals surface area contributed by atoms with E-state index in [0.717, 1.165) is 0 Å². The number of rotatable bonds is 5. The fraction of sp³-hybridized carbons (Fsp3) is 0.769. The standard InChI is InChI=1S/C13H23N3O5/c1-12(2,3)21-11(20)16-7-13(8-16,5-10(18)19)15-6-9(17)14-4/h15H,5-8H2,1-4H3,(H,14,17)(H,18,19). The number of ether oxygens (including phenoxy) is 1. The van der Waals surface area contributed by atoms with E-state index in [2.05, 4.69) is 10.6 Å². The highest BCUT2D eigenvalue weighted by atomic mass is 16.6. The van der Waals surface area contributed by atoms with E-state index in [1.165, 1.54) is 11.9 Å². The van der Waals surface area contributed by atoms with Gasteiger partial charge in [0.1, 0.15) is 5.60 Å². The second-order valence-corrected chi connectivity index (χ2v) is 6.21. The molecule has 1 aliphatic rings. The molecule has 0 aliphatic carbocycles. The van der Waals surface area contributed by atoms with Crippen LogP contribution in [0.15, 0.2) is 0 Å².